The number of benzene rings is 1. The number of nitrogens with one attached hydrogen (secondary N) is 1. The van der Waals surface area contributed by atoms with Gasteiger partial charge in [0.2, 0.25) is 0 Å². The Morgan fingerprint density at radius 3 is 3.06 bits per heavy atom. The molecule has 2 aromatic rings. The number of methoxy groups -OCH3 is 1. The molecular weight excluding hydrogens is 250 g/mol. The van der Waals surface area contributed by atoms with Gasteiger partial charge in [-0.2, -0.15) is 0 Å². The van der Waals surface area contributed by atoms with Crippen molar-refractivity contribution in [2.45, 2.75) is 6.54 Å². The first-order valence-electron chi connectivity index (χ1n) is 5.31. The van der Waals surface area contributed by atoms with Gasteiger partial charge in [-0.05, 0) is 18.2 Å². The number of anilines is 2. The Morgan fingerprint density at radius 2 is 2.39 bits per heavy atom. The number of hydrogen-bond acceptors (Lipinski definition) is 6. The zero-order valence-electron chi connectivity index (χ0n) is 9.84. The number of aromatic nitrogens is 1. The van der Waals surface area contributed by atoms with Gasteiger partial charge >= 0.3 is 5.97 Å². The van der Waals surface area contributed by atoms with E-state index in [-0.39, 0.29) is 0 Å². The van der Waals surface area contributed by atoms with Crippen molar-refractivity contribution < 1.29 is 9.53 Å². The van der Waals surface area contributed by atoms with E-state index in [1.807, 2.05) is 11.4 Å². The number of thiazole rings is 1. The minimum absolute atomic E-state index is 0.363. The summed E-state index contributed by atoms with van der Waals surface area (Å²) < 4.78 is 4.67. The Hall–Kier alpha value is -2.08. The van der Waals surface area contributed by atoms with Crippen LogP contribution in [-0.4, -0.2) is 18.1 Å². The van der Waals surface area contributed by atoms with Gasteiger partial charge in [0, 0.05) is 23.0 Å². The van der Waals surface area contributed by atoms with E-state index < -0.39 is 5.97 Å². The molecule has 0 aliphatic rings. The van der Waals surface area contributed by atoms with Crippen molar-refractivity contribution in [1.82, 2.24) is 4.98 Å². The van der Waals surface area contributed by atoms with Gasteiger partial charge in [-0.15, -0.1) is 11.3 Å². The number of nitrogens with zero attached hydrogens (tertiary/aromatic N) is 1. The number of carbonyl (C=O) groups excluding carboxylic acids is 1. The molecule has 0 radical (unpaired) electrons. The molecule has 1 heterocycles. The molecular formula is C12H13N3O2S. The molecule has 0 spiro atoms. The summed E-state index contributed by atoms with van der Waals surface area (Å²) in [5, 5.41) is 6.07. The first-order valence-corrected chi connectivity index (χ1v) is 6.18. The molecule has 2 rings (SSSR count). The first-order chi connectivity index (χ1) is 8.70. The van der Waals surface area contributed by atoms with Crippen LogP contribution in [0.1, 0.15) is 15.4 Å². The number of esters is 1. The predicted octanol–water partition coefficient (Wildman–Crippen LogP) is 2.12. The van der Waals surface area contributed by atoms with Crippen molar-refractivity contribution in [2.75, 3.05) is 18.2 Å². The Balaban J connectivity index is 2.12. The van der Waals surface area contributed by atoms with Crippen LogP contribution in [0.2, 0.25) is 0 Å². The molecule has 5 nitrogen and oxygen atoms in total. The van der Waals surface area contributed by atoms with Crippen LogP contribution in [0.3, 0.4) is 0 Å². The predicted molar refractivity (Wildman–Crippen MR) is 71.6 cm³/mol. The van der Waals surface area contributed by atoms with Crippen molar-refractivity contribution in [3.8, 4) is 0 Å². The molecule has 0 amide bonds. The van der Waals surface area contributed by atoms with Crippen molar-refractivity contribution in [2.24, 2.45) is 0 Å². The van der Waals surface area contributed by atoms with E-state index in [0.717, 1.165) is 10.7 Å². The van der Waals surface area contributed by atoms with Gasteiger partial charge < -0.3 is 15.8 Å². The van der Waals surface area contributed by atoms with Gasteiger partial charge in [-0.3, -0.25) is 0 Å². The average Bonchev–Trinajstić information content (AvgIpc) is 2.90. The second-order valence-electron chi connectivity index (χ2n) is 3.57. The first kappa shape index (κ1) is 12.4. The minimum Gasteiger partial charge on any atom is -0.465 e. The summed E-state index contributed by atoms with van der Waals surface area (Å²) >= 11 is 1.57. The molecule has 3 N–H and O–H groups in total. The number of rotatable bonds is 4. The minimum atomic E-state index is -0.439. The van der Waals surface area contributed by atoms with E-state index in [1.54, 1.807) is 29.7 Å². The summed E-state index contributed by atoms with van der Waals surface area (Å²) in [7, 11) is 1.33. The standard InChI is InChI=1S/C12H13N3O2S/c1-17-12(16)9-6-8(2-3-10(9)13)15-7-11-14-4-5-18-11/h2-6,15H,7,13H2,1H3. The Morgan fingerprint density at radius 1 is 1.56 bits per heavy atom. The highest BCUT2D eigenvalue weighted by Gasteiger charge is 2.10. The van der Waals surface area contributed by atoms with Gasteiger partial charge in [0.1, 0.15) is 5.01 Å². The smallest absolute Gasteiger partial charge is 0.340 e. The van der Waals surface area contributed by atoms with Crippen molar-refractivity contribution in [3.05, 3.63) is 40.3 Å². The van der Waals surface area contributed by atoms with Crippen molar-refractivity contribution in [3.63, 3.8) is 0 Å². The molecule has 0 aliphatic carbocycles. The van der Waals surface area contributed by atoms with Crippen molar-refractivity contribution in [1.29, 1.82) is 0 Å². The molecule has 0 bridgehead atoms. The monoisotopic (exact) mass is 263 g/mol. The van der Waals surface area contributed by atoms with E-state index in [4.69, 9.17) is 5.73 Å². The third-order valence-electron chi connectivity index (χ3n) is 2.39. The average molecular weight is 263 g/mol. The number of ether oxygens (including phenoxy) is 1. The van der Waals surface area contributed by atoms with Gasteiger partial charge in [0.25, 0.3) is 0 Å². The summed E-state index contributed by atoms with van der Waals surface area (Å²) in [6.07, 6.45) is 1.75. The fourth-order valence-electron chi connectivity index (χ4n) is 1.47. The summed E-state index contributed by atoms with van der Waals surface area (Å²) in [4.78, 5) is 15.6. The molecule has 1 aromatic carbocycles. The van der Waals surface area contributed by atoms with Gasteiger partial charge in [0.05, 0.1) is 19.2 Å². The lowest BCUT2D eigenvalue weighted by Crippen LogP contribution is -2.07. The molecule has 0 fully saturated rings. The van der Waals surface area contributed by atoms with Crippen LogP contribution in [0.4, 0.5) is 11.4 Å². The van der Waals surface area contributed by atoms with Gasteiger partial charge in [0.15, 0.2) is 0 Å². The highest BCUT2D eigenvalue weighted by atomic mass is 32.1. The molecule has 1 aromatic heterocycles. The van der Waals surface area contributed by atoms with E-state index in [0.29, 0.717) is 17.8 Å². The number of hydrogen-bond donors (Lipinski definition) is 2. The Kier molecular flexibility index (Phi) is 3.78. The van der Waals surface area contributed by atoms with Gasteiger partial charge in [-0.1, -0.05) is 0 Å². The van der Waals surface area contributed by atoms with E-state index >= 15 is 0 Å². The molecule has 94 valence electrons. The molecule has 6 heteroatoms. The maximum Gasteiger partial charge on any atom is 0.340 e. The highest BCUT2D eigenvalue weighted by molar-refractivity contribution is 7.09. The van der Waals surface area contributed by atoms with E-state index in [2.05, 4.69) is 15.0 Å². The zero-order chi connectivity index (χ0) is 13.0. The lowest BCUT2D eigenvalue weighted by Gasteiger charge is -2.08. The lowest BCUT2D eigenvalue weighted by molar-refractivity contribution is 0.0602. The molecule has 0 atom stereocenters. The number of nitrogens with two attached hydrogens (primary N) is 1. The Bertz CT molecular complexity index is 540. The van der Waals surface area contributed by atoms with Crippen LogP contribution < -0.4 is 11.1 Å². The second kappa shape index (κ2) is 5.50. The number of carbonyl (C=O) groups is 1. The van der Waals surface area contributed by atoms with Crippen molar-refractivity contribution >= 4 is 28.7 Å². The summed E-state index contributed by atoms with van der Waals surface area (Å²) in [6.45, 7) is 0.613. The quantitative estimate of drug-likeness (QED) is 0.652. The second-order valence-corrected chi connectivity index (χ2v) is 4.55. The number of nitrogen functional groups attached to an aromatic ring is 1. The van der Waals surface area contributed by atoms with Gasteiger partial charge in [-0.25, -0.2) is 9.78 Å². The maximum absolute atomic E-state index is 11.5. The normalized spacial score (nSPS) is 10.1. The van der Waals surface area contributed by atoms with Crippen LogP contribution in [0.15, 0.2) is 29.8 Å². The van der Waals surface area contributed by atoms with Crippen LogP contribution in [0.25, 0.3) is 0 Å². The van der Waals surface area contributed by atoms with E-state index in [1.165, 1.54) is 7.11 Å². The van der Waals surface area contributed by atoms with Crippen LogP contribution in [-0.2, 0) is 11.3 Å². The third-order valence-corrected chi connectivity index (χ3v) is 3.17. The Labute approximate surface area is 109 Å². The third kappa shape index (κ3) is 2.78. The largest absolute Gasteiger partial charge is 0.465 e. The topological polar surface area (TPSA) is 77.2 Å². The highest BCUT2D eigenvalue weighted by Crippen LogP contribution is 2.19. The lowest BCUT2D eigenvalue weighted by atomic mass is 10.1. The zero-order valence-corrected chi connectivity index (χ0v) is 10.7. The molecule has 0 aliphatic heterocycles. The van der Waals surface area contributed by atoms with Crippen LogP contribution in [0, 0.1) is 0 Å². The van der Waals surface area contributed by atoms with Crippen LogP contribution in [0.5, 0.6) is 0 Å². The molecule has 0 unspecified atom stereocenters. The summed E-state index contributed by atoms with van der Waals surface area (Å²) in [5.74, 6) is -0.439. The van der Waals surface area contributed by atoms with E-state index in [9.17, 15) is 4.79 Å². The molecule has 0 saturated heterocycles. The molecule has 18 heavy (non-hydrogen) atoms. The maximum atomic E-state index is 11.5. The fourth-order valence-corrected chi connectivity index (χ4v) is 2.03. The summed E-state index contributed by atoms with van der Waals surface area (Å²) in [5.41, 5.74) is 7.29. The molecule has 0 saturated carbocycles. The van der Waals surface area contributed by atoms with Crippen LogP contribution >= 0.6 is 11.3 Å². The fraction of sp³-hybridized carbons (Fsp3) is 0.167. The SMILES string of the molecule is COC(=O)c1cc(NCc2nccs2)ccc1N. The summed E-state index contributed by atoms with van der Waals surface area (Å²) in [6, 6.07) is 5.17.